The maximum atomic E-state index is 12.8. The van der Waals surface area contributed by atoms with Crippen LogP contribution in [0.3, 0.4) is 0 Å². The fourth-order valence-electron chi connectivity index (χ4n) is 2.67. The number of nitrogens with one attached hydrogen (secondary N) is 2. The number of alkyl halides is 3. The minimum Gasteiger partial charge on any atom is -0.380 e. The molecule has 1 unspecified atom stereocenters. The van der Waals surface area contributed by atoms with E-state index in [1.807, 2.05) is 6.92 Å². The molecule has 1 atom stereocenters. The summed E-state index contributed by atoms with van der Waals surface area (Å²) in [5.74, 6) is 0.717. The predicted octanol–water partition coefficient (Wildman–Crippen LogP) is 3.40. The van der Waals surface area contributed by atoms with Crippen molar-refractivity contribution >= 4 is 5.96 Å². The summed E-state index contributed by atoms with van der Waals surface area (Å²) in [7, 11) is 1.70. The summed E-state index contributed by atoms with van der Waals surface area (Å²) in [4.78, 5) is 4.17. The number of guanidine groups is 1. The van der Waals surface area contributed by atoms with Gasteiger partial charge in [-0.05, 0) is 24.0 Å². The van der Waals surface area contributed by atoms with Crippen molar-refractivity contribution in [3.63, 3.8) is 0 Å². The summed E-state index contributed by atoms with van der Waals surface area (Å²) in [6.45, 7) is 6.96. The van der Waals surface area contributed by atoms with Crippen LogP contribution >= 0.6 is 0 Å². The number of halogens is 3. The van der Waals surface area contributed by atoms with Crippen molar-refractivity contribution < 1.29 is 17.9 Å². The molecule has 1 aliphatic rings. The molecule has 1 saturated heterocycles. The molecule has 0 radical (unpaired) electrons. The van der Waals surface area contributed by atoms with Gasteiger partial charge in [-0.15, -0.1) is 0 Å². The zero-order chi connectivity index (χ0) is 18.5. The Morgan fingerprint density at radius 2 is 2.04 bits per heavy atom. The Hall–Kier alpha value is -1.76. The second-order valence-electron chi connectivity index (χ2n) is 6.97. The molecule has 0 bridgehead atoms. The summed E-state index contributed by atoms with van der Waals surface area (Å²) in [5, 5.41) is 6.48. The Bertz CT molecular complexity index is 597. The molecule has 4 nitrogen and oxygen atoms in total. The SMILES string of the molecule is CN=C(NCCC(C)c1cccc(C(F)(F)F)c1)NCC1(C)COC1. The topological polar surface area (TPSA) is 45.7 Å². The van der Waals surface area contributed by atoms with Crippen LogP contribution in [0.5, 0.6) is 0 Å². The zero-order valence-corrected chi connectivity index (χ0v) is 14.9. The standard InChI is InChI=1S/C18H26F3N3O/c1-13(14-5-4-6-15(9-14)18(19,20)21)7-8-23-16(22-3)24-10-17(2)11-25-12-17/h4-6,9,13H,7-8,10-12H2,1-3H3,(H2,22,23,24). The van der Waals surface area contributed by atoms with Crippen molar-refractivity contribution in [2.45, 2.75) is 32.4 Å². The van der Waals surface area contributed by atoms with Crippen LogP contribution in [-0.2, 0) is 10.9 Å². The van der Waals surface area contributed by atoms with E-state index in [0.717, 1.165) is 25.8 Å². The van der Waals surface area contributed by atoms with Gasteiger partial charge in [-0.1, -0.05) is 32.0 Å². The maximum absolute atomic E-state index is 12.8. The zero-order valence-electron chi connectivity index (χ0n) is 14.9. The third-order valence-corrected chi connectivity index (χ3v) is 4.46. The highest BCUT2D eigenvalue weighted by atomic mass is 19.4. The quantitative estimate of drug-likeness (QED) is 0.606. The van der Waals surface area contributed by atoms with Crippen LogP contribution in [0.15, 0.2) is 29.3 Å². The number of rotatable bonds is 6. The molecular weight excluding hydrogens is 331 g/mol. The van der Waals surface area contributed by atoms with Gasteiger partial charge in [-0.3, -0.25) is 4.99 Å². The highest BCUT2D eigenvalue weighted by Gasteiger charge is 2.33. The third-order valence-electron chi connectivity index (χ3n) is 4.46. The lowest BCUT2D eigenvalue weighted by atomic mass is 9.89. The molecule has 0 amide bonds. The largest absolute Gasteiger partial charge is 0.416 e. The lowest BCUT2D eigenvalue weighted by molar-refractivity contribution is -0.137. The average molecular weight is 357 g/mol. The molecule has 25 heavy (non-hydrogen) atoms. The molecule has 140 valence electrons. The molecule has 1 aromatic carbocycles. The van der Waals surface area contributed by atoms with Crippen LogP contribution < -0.4 is 10.6 Å². The minimum atomic E-state index is -4.30. The summed E-state index contributed by atoms with van der Waals surface area (Å²) in [6, 6.07) is 5.54. The van der Waals surface area contributed by atoms with Crippen molar-refractivity contribution in [2.75, 3.05) is 33.4 Å². The van der Waals surface area contributed by atoms with E-state index in [1.165, 1.54) is 12.1 Å². The summed E-state index contributed by atoms with van der Waals surface area (Å²) in [5.41, 5.74) is 0.236. The van der Waals surface area contributed by atoms with Crippen molar-refractivity contribution in [1.82, 2.24) is 10.6 Å². The van der Waals surface area contributed by atoms with Gasteiger partial charge in [0.25, 0.3) is 0 Å². The Kier molecular flexibility index (Phi) is 6.32. The van der Waals surface area contributed by atoms with Gasteiger partial charge in [0.2, 0.25) is 0 Å². The number of hydrogen-bond donors (Lipinski definition) is 2. The molecule has 0 saturated carbocycles. The van der Waals surface area contributed by atoms with E-state index in [1.54, 1.807) is 13.1 Å². The van der Waals surface area contributed by atoms with Crippen LogP contribution in [0.4, 0.5) is 13.2 Å². The lowest BCUT2D eigenvalue weighted by Gasteiger charge is -2.38. The normalized spacial score (nSPS) is 18.4. The Morgan fingerprint density at radius 3 is 2.60 bits per heavy atom. The van der Waals surface area contributed by atoms with Gasteiger partial charge in [0, 0.05) is 25.6 Å². The number of ether oxygens (including phenoxy) is 1. The second-order valence-corrected chi connectivity index (χ2v) is 6.97. The fourth-order valence-corrected chi connectivity index (χ4v) is 2.67. The first-order valence-electron chi connectivity index (χ1n) is 8.43. The van der Waals surface area contributed by atoms with Gasteiger partial charge >= 0.3 is 6.18 Å². The van der Waals surface area contributed by atoms with Crippen molar-refractivity contribution in [3.8, 4) is 0 Å². The van der Waals surface area contributed by atoms with Gasteiger partial charge in [-0.25, -0.2) is 0 Å². The highest BCUT2D eigenvalue weighted by Crippen LogP contribution is 2.31. The summed E-state index contributed by atoms with van der Waals surface area (Å²) in [6.07, 6.45) is -3.59. The van der Waals surface area contributed by atoms with Crippen LogP contribution in [-0.4, -0.2) is 39.3 Å². The first-order valence-corrected chi connectivity index (χ1v) is 8.43. The third kappa shape index (κ3) is 5.63. The lowest BCUT2D eigenvalue weighted by Crippen LogP contribution is -2.51. The Balaban J connectivity index is 1.80. The molecule has 2 rings (SSSR count). The maximum Gasteiger partial charge on any atom is 0.416 e. The van der Waals surface area contributed by atoms with E-state index in [0.29, 0.717) is 24.5 Å². The minimum absolute atomic E-state index is 0.0189. The Labute approximate surface area is 146 Å². The molecule has 0 aliphatic carbocycles. The van der Waals surface area contributed by atoms with E-state index in [-0.39, 0.29) is 11.3 Å². The molecule has 1 heterocycles. The van der Waals surface area contributed by atoms with Crippen molar-refractivity contribution in [1.29, 1.82) is 0 Å². The first kappa shape index (κ1) is 19.6. The first-order chi connectivity index (χ1) is 11.7. The van der Waals surface area contributed by atoms with Crippen LogP contribution in [0, 0.1) is 5.41 Å². The van der Waals surface area contributed by atoms with Gasteiger partial charge in [-0.2, -0.15) is 13.2 Å². The Morgan fingerprint density at radius 1 is 1.32 bits per heavy atom. The molecule has 1 aromatic rings. The van der Waals surface area contributed by atoms with Crippen molar-refractivity contribution in [2.24, 2.45) is 10.4 Å². The smallest absolute Gasteiger partial charge is 0.380 e. The predicted molar refractivity (Wildman–Crippen MR) is 92.8 cm³/mol. The number of benzene rings is 1. The van der Waals surface area contributed by atoms with Crippen LogP contribution in [0.25, 0.3) is 0 Å². The average Bonchev–Trinajstić information content (AvgIpc) is 2.55. The summed E-state index contributed by atoms with van der Waals surface area (Å²) >= 11 is 0. The van der Waals surface area contributed by atoms with Gasteiger partial charge < -0.3 is 15.4 Å². The van der Waals surface area contributed by atoms with E-state index < -0.39 is 11.7 Å². The highest BCUT2D eigenvalue weighted by molar-refractivity contribution is 5.79. The molecule has 0 spiro atoms. The van der Waals surface area contributed by atoms with E-state index in [2.05, 4.69) is 22.5 Å². The van der Waals surface area contributed by atoms with Crippen LogP contribution in [0.1, 0.15) is 37.3 Å². The van der Waals surface area contributed by atoms with Gasteiger partial charge in [0.15, 0.2) is 5.96 Å². The second kappa shape index (κ2) is 8.08. The van der Waals surface area contributed by atoms with Gasteiger partial charge in [0.05, 0.1) is 18.8 Å². The molecule has 1 aliphatic heterocycles. The monoisotopic (exact) mass is 357 g/mol. The molecule has 7 heteroatoms. The van der Waals surface area contributed by atoms with Crippen LogP contribution in [0.2, 0.25) is 0 Å². The number of hydrogen-bond acceptors (Lipinski definition) is 2. The van der Waals surface area contributed by atoms with E-state index >= 15 is 0 Å². The molecular formula is C18H26F3N3O. The van der Waals surface area contributed by atoms with Gasteiger partial charge in [0.1, 0.15) is 0 Å². The summed E-state index contributed by atoms with van der Waals surface area (Å²) < 4.78 is 43.6. The fraction of sp³-hybridized carbons (Fsp3) is 0.611. The number of nitrogens with zero attached hydrogens (tertiary/aromatic N) is 1. The van der Waals surface area contributed by atoms with Crippen molar-refractivity contribution in [3.05, 3.63) is 35.4 Å². The van der Waals surface area contributed by atoms with E-state index in [9.17, 15) is 13.2 Å². The number of aliphatic imine (C=N–C) groups is 1. The molecule has 0 aromatic heterocycles. The van der Waals surface area contributed by atoms with E-state index in [4.69, 9.17) is 4.74 Å². The molecule has 2 N–H and O–H groups in total. The molecule has 1 fully saturated rings.